The zero-order chi connectivity index (χ0) is 7.98. The van der Waals surface area contributed by atoms with Crippen LogP contribution in [0.15, 0.2) is 0 Å². The fourth-order valence-electron chi connectivity index (χ4n) is 0.578. The van der Waals surface area contributed by atoms with Gasteiger partial charge in [-0.1, -0.05) is 0 Å². The molecule has 1 N–H and O–H groups in total. The summed E-state index contributed by atoms with van der Waals surface area (Å²) in [5.74, 6) is 0.556. The highest BCUT2D eigenvalue weighted by atomic mass is 32.2. The summed E-state index contributed by atoms with van der Waals surface area (Å²) in [6.45, 7) is 0. The average Bonchev–Trinajstić information content (AvgIpc) is 1.99. The van der Waals surface area contributed by atoms with E-state index < -0.39 is 0 Å². The van der Waals surface area contributed by atoms with Gasteiger partial charge in [-0.25, -0.2) is 0 Å². The highest BCUT2D eigenvalue weighted by Crippen LogP contribution is 1.97. The zero-order valence-electron chi connectivity index (χ0n) is 6.51. The van der Waals surface area contributed by atoms with Gasteiger partial charge in [-0.15, -0.1) is 0 Å². The first-order valence-corrected chi connectivity index (χ1v) is 4.39. The molecule has 0 rings (SSSR count). The Labute approximate surface area is 65.5 Å². The van der Waals surface area contributed by atoms with Crippen LogP contribution >= 0.6 is 11.8 Å². The second-order valence-electron chi connectivity index (χ2n) is 1.82. The minimum atomic E-state index is -0.197. The van der Waals surface area contributed by atoms with Gasteiger partial charge in [-0.05, 0) is 13.3 Å². The summed E-state index contributed by atoms with van der Waals surface area (Å²) >= 11 is 1.61. The maximum atomic E-state index is 10.8. The second-order valence-corrected chi connectivity index (χ2v) is 2.73. The normalized spacial score (nSPS) is 12.7. The number of methoxy groups -OCH3 is 1. The Balaban J connectivity index is 3.68. The number of esters is 1. The summed E-state index contributed by atoms with van der Waals surface area (Å²) in [5.41, 5.74) is 0. The van der Waals surface area contributed by atoms with E-state index in [1.807, 2.05) is 6.26 Å². The first kappa shape index (κ1) is 9.78. The van der Waals surface area contributed by atoms with Gasteiger partial charge in [0.1, 0.15) is 6.04 Å². The molecular weight excluding hydrogens is 150 g/mol. The van der Waals surface area contributed by atoms with Crippen molar-refractivity contribution in [2.45, 2.75) is 6.04 Å². The molecule has 0 aromatic carbocycles. The van der Waals surface area contributed by atoms with Gasteiger partial charge < -0.3 is 10.1 Å². The predicted molar refractivity (Wildman–Crippen MR) is 43.2 cm³/mol. The zero-order valence-corrected chi connectivity index (χ0v) is 7.33. The van der Waals surface area contributed by atoms with Gasteiger partial charge in [0, 0.05) is 5.75 Å². The van der Waals surface area contributed by atoms with Crippen molar-refractivity contribution in [3.05, 3.63) is 0 Å². The number of carbonyl (C=O) groups is 1. The minimum Gasteiger partial charge on any atom is -0.468 e. The summed E-state index contributed by atoms with van der Waals surface area (Å²) < 4.78 is 4.54. The summed E-state index contributed by atoms with van der Waals surface area (Å²) in [7, 11) is 3.14. The van der Waals surface area contributed by atoms with Gasteiger partial charge in [-0.2, -0.15) is 11.8 Å². The van der Waals surface area contributed by atoms with E-state index in [0.717, 1.165) is 5.75 Å². The molecule has 1 atom stereocenters. The van der Waals surface area contributed by atoms with E-state index in [2.05, 4.69) is 10.1 Å². The molecule has 0 aromatic heterocycles. The maximum Gasteiger partial charge on any atom is 0.323 e. The van der Waals surface area contributed by atoms with Crippen molar-refractivity contribution >= 4 is 17.7 Å². The molecule has 0 unspecified atom stereocenters. The molecule has 0 radical (unpaired) electrons. The Hall–Kier alpha value is -0.220. The molecule has 0 saturated heterocycles. The monoisotopic (exact) mass is 163 g/mol. The largest absolute Gasteiger partial charge is 0.468 e. The molecular formula is C6H13NO2S. The Kier molecular flexibility index (Phi) is 5.43. The lowest BCUT2D eigenvalue weighted by Gasteiger charge is -2.10. The number of rotatable bonds is 4. The molecule has 0 spiro atoms. The summed E-state index contributed by atoms with van der Waals surface area (Å²) in [5, 5.41) is 2.86. The van der Waals surface area contributed by atoms with Crippen molar-refractivity contribution in [1.82, 2.24) is 5.32 Å². The number of thioether (sulfide) groups is 1. The molecule has 0 heterocycles. The highest BCUT2D eigenvalue weighted by Gasteiger charge is 2.14. The van der Waals surface area contributed by atoms with Crippen molar-refractivity contribution in [3.63, 3.8) is 0 Å². The average molecular weight is 163 g/mol. The van der Waals surface area contributed by atoms with E-state index in [0.29, 0.717) is 0 Å². The van der Waals surface area contributed by atoms with Crippen LogP contribution in [0, 0.1) is 0 Å². The Morgan fingerprint density at radius 3 is 2.70 bits per heavy atom. The van der Waals surface area contributed by atoms with Gasteiger partial charge in [0.2, 0.25) is 0 Å². The number of nitrogens with one attached hydrogen (secondary N) is 1. The molecule has 3 nitrogen and oxygen atoms in total. The minimum absolute atomic E-state index is 0.167. The summed E-state index contributed by atoms with van der Waals surface area (Å²) in [6.07, 6.45) is 1.95. The smallest absolute Gasteiger partial charge is 0.323 e. The van der Waals surface area contributed by atoms with E-state index in [1.54, 1.807) is 18.8 Å². The standard InChI is InChI=1S/C6H13NO2S/c1-7-5(4-10-3)6(8)9-2/h5,7H,4H2,1-3H3/t5-/m0/s1. The fraction of sp³-hybridized carbons (Fsp3) is 0.833. The molecule has 0 fully saturated rings. The second kappa shape index (κ2) is 5.56. The van der Waals surface area contributed by atoms with Crippen LogP contribution in [0.5, 0.6) is 0 Å². The molecule has 0 bridgehead atoms. The van der Waals surface area contributed by atoms with Crippen molar-refractivity contribution in [2.75, 3.05) is 26.2 Å². The van der Waals surface area contributed by atoms with Crippen LogP contribution in [0.2, 0.25) is 0 Å². The number of carbonyl (C=O) groups excluding carboxylic acids is 1. The third-order valence-corrected chi connectivity index (χ3v) is 1.83. The van der Waals surface area contributed by atoms with Crippen LogP contribution in [0.25, 0.3) is 0 Å². The van der Waals surface area contributed by atoms with Gasteiger partial charge in [0.15, 0.2) is 0 Å². The third-order valence-electron chi connectivity index (χ3n) is 1.17. The molecule has 60 valence electrons. The first-order chi connectivity index (χ1) is 4.76. The molecule has 4 heteroatoms. The lowest BCUT2D eigenvalue weighted by molar-refractivity contribution is -0.142. The molecule has 0 aliphatic heterocycles. The summed E-state index contributed by atoms with van der Waals surface area (Å²) in [4.78, 5) is 10.8. The number of hydrogen-bond acceptors (Lipinski definition) is 4. The highest BCUT2D eigenvalue weighted by molar-refractivity contribution is 7.98. The van der Waals surface area contributed by atoms with Crippen LogP contribution in [0.1, 0.15) is 0 Å². The van der Waals surface area contributed by atoms with Gasteiger partial charge in [0.25, 0.3) is 0 Å². The predicted octanol–water partition coefficient (Wildman–Crippen LogP) is 0.110. The summed E-state index contributed by atoms with van der Waals surface area (Å²) in [6, 6.07) is -0.167. The molecule has 0 aromatic rings. The Morgan fingerprint density at radius 1 is 1.80 bits per heavy atom. The SMILES string of the molecule is CN[C@@H](CSC)C(=O)OC. The Bertz CT molecular complexity index is 108. The van der Waals surface area contributed by atoms with Crippen molar-refractivity contribution in [3.8, 4) is 0 Å². The molecule has 0 aliphatic carbocycles. The quantitative estimate of drug-likeness (QED) is 0.597. The number of likely N-dealkylation sites (N-methyl/N-ethyl adjacent to an activating group) is 1. The molecule has 0 saturated carbocycles. The topological polar surface area (TPSA) is 38.3 Å². The van der Waals surface area contributed by atoms with E-state index in [9.17, 15) is 4.79 Å². The van der Waals surface area contributed by atoms with Gasteiger partial charge in [-0.3, -0.25) is 4.79 Å². The molecule has 10 heavy (non-hydrogen) atoms. The maximum absolute atomic E-state index is 10.8. The number of hydrogen-bond donors (Lipinski definition) is 1. The van der Waals surface area contributed by atoms with E-state index in [4.69, 9.17) is 0 Å². The Morgan fingerprint density at radius 2 is 2.40 bits per heavy atom. The van der Waals surface area contributed by atoms with E-state index in [-0.39, 0.29) is 12.0 Å². The number of ether oxygens (including phenoxy) is 1. The van der Waals surface area contributed by atoms with Gasteiger partial charge in [0.05, 0.1) is 7.11 Å². The third kappa shape index (κ3) is 3.08. The van der Waals surface area contributed by atoms with E-state index >= 15 is 0 Å². The van der Waals surface area contributed by atoms with Crippen LogP contribution in [-0.4, -0.2) is 38.2 Å². The van der Waals surface area contributed by atoms with E-state index in [1.165, 1.54) is 7.11 Å². The van der Waals surface area contributed by atoms with Gasteiger partial charge >= 0.3 is 5.97 Å². The van der Waals surface area contributed by atoms with Crippen molar-refractivity contribution in [2.24, 2.45) is 0 Å². The fourth-order valence-corrected chi connectivity index (χ4v) is 1.21. The van der Waals surface area contributed by atoms with Crippen molar-refractivity contribution in [1.29, 1.82) is 0 Å². The van der Waals surface area contributed by atoms with Crippen LogP contribution in [0.3, 0.4) is 0 Å². The van der Waals surface area contributed by atoms with Crippen LogP contribution < -0.4 is 5.32 Å². The van der Waals surface area contributed by atoms with Crippen LogP contribution in [0.4, 0.5) is 0 Å². The van der Waals surface area contributed by atoms with Crippen molar-refractivity contribution < 1.29 is 9.53 Å². The van der Waals surface area contributed by atoms with Crippen LogP contribution in [-0.2, 0) is 9.53 Å². The lowest BCUT2D eigenvalue weighted by Crippen LogP contribution is -2.37. The lowest BCUT2D eigenvalue weighted by atomic mass is 10.3. The first-order valence-electron chi connectivity index (χ1n) is 3.00. The molecule has 0 amide bonds. The molecule has 0 aliphatic rings.